The van der Waals surface area contributed by atoms with E-state index in [-0.39, 0.29) is 6.61 Å². The van der Waals surface area contributed by atoms with Crippen LogP contribution in [0, 0.1) is 20.8 Å². The van der Waals surface area contributed by atoms with Gasteiger partial charge in [-0.25, -0.2) is 0 Å². The van der Waals surface area contributed by atoms with Gasteiger partial charge in [-0.15, -0.1) is 0 Å². The molecule has 6 nitrogen and oxygen atoms in total. The Hall–Kier alpha value is -2.47. The number of aliphatic hydroxyl groups excluding tert-OH is 1. The van der Waals surface area contributed by atoms with Crippen molar-refractivity contribution in [2.45, 2.75) is 33.9 Å². The molecule has 3 aromatic rings. The molecule has 1 N–H and O–H groups in total. The van der Waals surface area contributed by atoms with Crippen LogP contribution in [-0.2, 0) is 13.2 Å². The molecule has 0 saturated heterocycles. The summed E-state index contributed by atoms with van der Waals surface area (Å²) in [6.45, 7) is 6.50. The molecular weight excluding hydrogens is 280 g/mol. The Morgan fingerprint density at radius 3 is 2.73 bits per heavy atom. The zero-order chi connectivity index (χ0) is 15.7. The van der Waals surface area contributed by atoms with Crippen molar-refractivity contribution in [2.24, 2.45) is 0 Å². The molecule has 2 aromatic heterocycles. The summed E-state index contributed by atoms with van der Waals surface area (Å²) in [5.41, 5.74) is 4.92. The highest BCUT2D eigenvalue weighted by Crippen LogP contribution is 2.18. The molecule has 6 heteroatoms. The first-order valence-corrected chi connectivity index (χ1v) is 7.12. The summed E-state index contributed by atoms with van der Waals surface area (Å²) in [5.74, 6) is 1.03. The van der Waals surface area contributed by atoms with Crippen molar-refractivity contribution in [3.63, 3.8) is 0 Å². The number of hydrogen-bond acceptors (Lipinski definition) is 5. The van der Waals surface area contributed by atoms with Crippen LogP contribution in [0.2, 0.25) is 0 Å². The number of nitrogens with zero attached hydrogens (tertiary/aromatic N) is 4. The first kappa shape index (κ1) is 14.5. The largest absolute Gasteiger partial charge is 0.392 e. The number of aliphatic hydroxyl groups is 1. The van der Waals surface area contributed by atoms with Crippen LogP contribution in [0.25, 0.3) is 11.4 Å². The Bertz CT molecular complexity index is 804. The van der Waals surface area contributed by atoms with Crippen molar-refractivity contribution in [1.82, 2.24) is 19.9 Å². The lowest BCUT2D eigenvalue weighted by atomic mass is 10.1. The smallest absolute Gasteiger partial charge is 0.248 e. The van der Waals surface area contributed by atoms with E-state index in [1.807, 2.05) is 49.7 Å². The standard InChI is InChI=1S/C16H18N4O2/c1-10-11(2)18-20(12(10)3)8-15-17-16(19-22-15)14-6-4-5-13(7-14)9-21/h4-7,21H,8-9H2,1-3H3. The SMILES string of the molecule is Cc1nn(Cc2nc(-c3cccc(CO)c3)no2)c(C)c1C. The van der Waals surface area contributed by atoms with Gasteiger partial charge in [0.25, 0.3) is 0 Å². The lowest BCUT2D eigenvalue weighted by molar-refractivity contribution is 0.282. The van der Waals surface area contributed by atoms with Crippen molar-refractivity contribution >= 4 is 0 Å². The van der Waals surface area contributed by atoms with E-state index in [1.165, 1.54) is 5.56 Å². The van der Waals surface area contributed by atoms with Gasteiger partial charge >= 0.3 is 0 Å². The third-order valence-electron chi connectivity index (χ3n) is 3.86. The summed E-state index contributed by atoms with van der Waals surface area (Å²) in [6, 6.07) is 7.45. The third kappa shape index (κ3) is 2.65. The molecule has 2 heterocycles. The highest BCUT2D eigenvalue weighted by molar-refractivity contribution is 5.55. The molecule has 0 aliphatic heterocycles. The van der Waals surface area contributed by atoms with Crippen molar-refractivity contribution in [1.29, 1.82) is 0 Å². The summed E-state index contributed by atoms with van der Waals surface area (Å²) < 4.78 is 7.18. The number of hydrogen-bond donors (Lipinski definition) is 1. The van der Waals surface area contributed by atoms with Crippen LogP contribution < -0.4 is 0 Å². The van der Waals surface area contributed by atoms with Gasteiger partial charge in [0.2, 0.25) is 11.7 Å². The fourth-order valence-electron chi connectivity index (χ4n) is 2.31. The number of benzene rings is 1. The highest BCUT2D eigenvalue weighted by Gasteiger charge is 2.13. The molecule has 114 valence electrons. The number of aromatic nitrogens is 4. The lowest BCUT2D eigenvalue weighted by Gasteiger charge is -2.00. The maximum Gasteiger partial charge on any atom is 0.248 e. The summed E-state index contributed by atoms with van der Waals surface area (Å²) in [6.07, 6.45) is 0. The van der Waals surface area contributed by atoms with Gasteiger partial charge < -0.3 is 9.63 Å². The van der Waals surface area contributed by atoms with Gasteiger partial charge in [0.15, 0.2) is 0 Å². The molecule has 0 fully saturated rings. The monoisotopic (exact) mass is 298 g/mol. The average molecular weight is 298 g/mol. The normalized spacial score (nSPS) is 11.1. The van der Waals surface area contributed by atoms with Crippen LogP contribution >= 0.6 is 0 Å². The summed E-state index contributed by atoms with van der Waals surface area (Å²) in [5, 5.41) is 17.7. The van der Waals surface area contributed by atoms with Crippen molar-refractivity contribution < 1.29 is 9.63 Å². The molecular formula is C16H18N4O2. The quantitative estimate of drug-likeness (QED) is 0.800. The van der Waals surface area contributed by atoms with E-state index >= 15 is 0 Å². The second-order valence-corrected chi connectivity index (χ2v) is 5.32. The topological polar surface area (TPSA) is 77.0 Å². The molecule has 0 bridgehead atoms. The van der Waals surface area contributed by atoms with Crippen molar-refractivity contribution in [3.05, 3.63) is 52.7 Å². The van der Waals surface area contributed by atoms with E-state index in [2.05, 4.69) is 15.2 Å². The molecule has 0 aliphatic carbocycles. The minimum atomic E-state index is -0.0103. The second kappa shape index (κ2) is 5.73. The molecule has 1 aromatic carbocycles. The van der Waals surface area contributed by atoms with E-state index in [1.54, 1.807) is 0 Å². The van der Waals surface area contributed by atoms with Gasteiger partial charge in [-0.2, -0.15) is 10.1 Å². The predicted molar refractivity (Wildman–Crippen MR) is 81.2 cm³/mol. The van der Waals surface area contributed by atoms with E-state index in [9.17, 15) is 5.11 Å². The number of aryl methyl sites for hydroxylation is 1. The summed E-state index contributed by atoms with van der Waals surface area (Å²) in [4.78, 5) is 4.41. The Morgan fingerprint density at radius 2 is 2.05 bits per heavy atom. The highest BCUT2D eigenvalue weighted by atomic mass is 16.5. The van der Waals surface area contributed by atoms with E-state index in [4.69, 9.17) is 4.52 Å². The third-order valence-corrected chi connectivity index (χ3v) is 3.86. The molecule has 3 rings (SSSR count). The molecule has 0 atom stereocenters. The lowest BCUT2D eigenvalue weighted by Crippen LogP contribution is -2.04. The van der Waals surface area contributed by atoms with E-state index in [0.717, 1.165) is 22.5 Å². The van der Waals surface area contributed by atoms with Crippen LogP contribution in [0.4, 0.5) is 0 Å². The van der Waals surface area contributed by atoms with Gasteiger partial charge in [-0.1, -0.05) is 23.4 Å². The summed E-state index contributed by atoms with van der Waals surface area (Å²) >= 11 is 0. The van der Waals surface area contributed by atoms with Gasteiger partial charge in [0.1, 0.15) is 6.54 Å². The Kier molecular flexibility index (Phi) is 3.77. The van der Waals surface area contributed by atoms with Crippen LogP contribution in [0.15, 0.2) is 28.8 Å². The van der Waals surface area contributed by atoms with Gasteiger partial charge in [0.05, 0.1) is 12.3 Å². The van der Waals surface area contributed by atoms with Crippen LogP contribution in [-0.4, -0.2) is 25.0 Å². The van der Waals surface area contributed by atoms with Gasteiger partial charge in [-0.05, 0) is 38.0 Å². The Balaban J connectivity index is 1.85. The zero-order valence-electron chi connectivity index (χ0n) is 12.9. The Labute approximate surface area is 128 Å². The molecule has 0 aliphatic rings. The zero-order valence-corrected chi connectivity index (χ0v) is 12.9. The van der Waals surface area contributed by atoms with E-state index in [0.29, 0.717) is 18.3 Å². The predicted octanol–water partition coefficient (Wildman–Crippen LogP) is 2.40. The maximum atomic E-state index is 9.19. The number of rotatable bonds is 4. The summed E-state index contributed by atoms with van der Waals surface area (Å²) in [7, 11) is 0. The second-order valence-electron chi connectivity index (χ2n) is 5.32. The first-order chi connectivity index (χ1) is 10.6. The molecule has 0 saturated carbocycles. The van der Waals surface area contributed by atoms with Crippen molar-refractivity contribution in [3.8, 4) is 11.4 Å². The van der Waals surface area contributed by atoms with Gasteiger partial charge in [0, 0.05) is 11.3 Å². The van der Waals surface area contributed by atoms with Crippen LogP contribution in [0.1, 0.15) is 28.4 Å². The first-order valence-electron chi connectivity index (χ1n) is 7.12. The van der Waals surface area contributed by atoms with Crippen LogP contribution in [0.5, 0.6) is 0 Å². The van der Waals surface area contributed by atoms with E-state index < -0.39 is 0 Å². The molecule has 0 spiro atoms. The molecule has 0 unspecified atom stereocenters. The average Bonchev–Trinajstić information content (AvgIpc) is 3.09. The molecule has 0 amide bonds. The molecule has 0 radical (unpaired) electrons. The minimum Gasteiger partial charge on any atom is -0.392 e. The maximum absolute atomic E-state index is 9.19. The van der Waals surface area contributed by atoms with Gasteiger partial charge in [-0.3, -0.25) is 4.68 Å². The van der Waals surface area contributed by atoms with Crippen LogP contribution in [0.3, 0.4) is 0 Å². The fourth-order valence-corrected chi connectivity index (χ4v) is 2.31. The fraction of sp³-hybridized carbons (Fsp3) is 0.312. The molecule has 22 heavy (non-hydrogen) atoms. The van der Waals surface area contributed by atoms with Crippen molar-refractivity contribution in [2.75, 3.05) is 0 Å². The minimum absolute atomic E-state index is 0.0103. The Morgan fingerprint density at radius 1 is 1.23 bits per heavy atom.